The third-order valence-corrected chi connectivity index (χ3v) is 3.22. The second kappa shape index (κ2) is 4.83. The molecule has 0 radical (unpaired) electrons. The summed E-state index contributed by atoms with van der Waals surface area (Å²) in [4.78, 5) is 22.3. The monoisotopic (exact) mass is 240 g/mol. The van der Waals surface area contributed by atoms with E-state index >= 15 is 0 Å². The van der Waals surface area contributed by atoms with Crippen LogP contribution >= 0.6 is 0 Å². The van der Waals surface area contributed by atoms with Crippen LogP contribution in [0.15, 0.2) is 5.10 Å². The van der Waals surface area contributed by atoms with Crippen LogP contribution < -0.4 is 0 Å². The second-order valence-corrected chi connectivity index (χ2v) is 4.57. The molecule has 1 aliphatic carbocycles. The number of aliphatic carboxylic acids is 1. The van der Waals surface area contributed by atoms with E-state index in [1.807, 2.05) is 0 Å². The Bertz CT molecular complexity index is 366. The number of aliphatic hydroxyl groups excluding tert-OH is 1. The Morgan fingerprint density at radius 3 is 2.76 bits per heavy atom. The van der Waals surface area contributed by atoms with E-state index in [0.29, 0.717) is 12.1 Å². The fourth-order valence-corrected chi connectivity index (χ4v) is 2.41. The molecule has 0 aromatic heterocycles. The smallest absolute Gasteiger partial charge is 0.309 e. The molecule has 1 amide bonds. The van der Waals surface area contributed by atoms with Crippen LogP contribution in [-0.4, -0.2) is 45.0 Å². The highest BCUT2D eigenvalue weighted by molar-refractivity contribution is 6.10. The number of hydrogen-bond donors (Lipinski definition) is 2. The van der Waals surface area contributed by atoms with Crippen LogP contribution in [0.5, 0.6) is 0 Å². The van der Waals surface area contributed by atoms with E-state index in [4.69, 9.17) is 5.11 Å². The van der Waals surface area contributed by atoms with Crippen LogP contribution in [0.2, 0.25) is 0 Å². The van der Waals surface area contributed by atoms with Crippen molar-refractivity contribution in [2.24, 2.45) is 5.10 Å². The van der Waals surface area contributed by atoms with Gasteiger partial charge >= 0.3 is 5.97 Å². The van der Waals surface area contributed by atoms with E-state index in [2.05, 4.69) is 5.10 Å². The van der Waals surface area contributed by atoms with Crippen molar-refractivity contribution in [1.29, 1.82) is 0 Å². The van der Waals surface area contributed by atoms with E-state index in [1.165, 1.54) is 5.01 Å². The summed E-state index contributed by atoms with van der Waals surface area (Å²) in [5.74, 6) is -1.19. The lowest BCUT2D eigenvalue weighted by atomic mass is 9.92. The highest BCUT2D eigenvalue weighted by Crippen LogP contribution is 2.26. The first-order chi connectivity index (χ1) is 8.08. The van der Waals surface area contributed by atoms with Gasteiger partial charge in [-0.05, 0) is 12.8 Å². The lowest BCUT2D eigenvalue weighted by molar-refractivity contribution is -0.135. The first-order valence-electron chi connectivity index (χ1n) is 5.86. The van der Waals surface area contributed by atoms with Crippen LogP contribution in [0, 0.1) is 0 Å². The molecule has 2 atom stereocenters. The summed E-state index contributed by atoms with van der Waals surface area (Å²) >= 11 is 0. The third kappa shape index (κ3) is 2.63. The SMILES string of the molecule is O=C(O)CC1=NN(C2CCCCC2O)C(=O)C1. The maximum atomic E-state index is 11.7. The van der Waals surface area contributed by atoms with Gasteiger partial charge in [0.05, 0.1) is 30.7 Å². The molecule has 0 aromatic carbocycles. The van der Waals surface area contributed by atoms with Crippen LogP contribution in [-0.2, 0) is 9.59 Å². The van der Waals surface area contributed by atoms with Gasteiger partial charge < -0.3 is 10.2 Å². The number of nitrogens with zero attached hydrogens (tertiary/aromatic N) is 2. The van der Waals surface area contributed by atoms with Crippen LogP contribution in [0.25, 0.3) is 0 Å². The van der Waals surface area contributed by atoms with Crippen molar-refractivity contribution >= 4 is 17.6 Å². The predicted molar refractivity (Wildman–Crippen MR) is 59.4 cm³/mol. The molecule has 0 aromatic rings. The molecular formula is C11H16N2O4. The maximum absolute atomic E-state index is 11.7. The highest BCUT2D eigenvalue weighted by atomic mass is 16.4. The summed E-state index contributed by atoms with van der Waals surface area (Å²) in [7, 11) is 0. The van der Waals surface area contributed by atoms with Gasteiger partial charge in [-0.2, -0.15) is 5.10 Å². The van der Waals surface area contributed by atoms with Crippen molar-refractivity contribution in [1.82, 2.24) is 5.01 Å². The number of amides is 1. The van der Waals surface area contributed by atoms with E-state index < -0.39 is 12.1 Å². The van der Waals surface area contributed by atoms with Gasteiger partial charge in [-0.25, -0.2) is 5.01 Å². The largest absolute Gasteiger partial charge is 0.481 e. The second-order valence-electron chi connectivity index (χ2n) is 4.57. The Balaban J connectivity index is 2.07. The molecule has 6 heteroatoms. The topological polar surface area (TPSA) is 90.2 Å². The Morgan fingerprint density at radius 1 is 1.41 bits per heavy atom. The molecule has 1 saturated carbocycles. The molecule has 6 nitrogen and oxygen atoms in total. The third-order valence-electron chi connectivity index (χ3n) is 3.22. The zero-order valence-electron chi connectivity index (χ0n) is 9.50. The van der Waals surface area contributed by atoms with Gasteiger partial charge in [0, 0.05) is 0 Å². The Hall–Kier alpha value is -1.43. The number of carboxylic acids is 1. The van der Waals surface area contributed by atoms with Crippen LogP contribution in [0.4, 0.5) is 0 Å². The molecule has 2 N–H and O–H groups in total. The summed E-state index contributed by atoms with van der Waals surface area (Å²) in [5, 5.41) is 23.8. The van der Waals surface area contributed by atoms with E-state index in [9.17, 15) is 14.7 Å². The summed E-state index contributed by atoms with van der Waals surface area (Å²) in [6.07, 6.45) is 2.66. The van der Waals surface area contributed by atoms with E-state index in [1.54, 1.807) is 0 Å². The summed E-state index contributed by atoms with van der Waals surface area (Å²) in [6, 6.07) is -0.275. The average molecular weight is 240 g/mol. The van der Waals surface area contributed by atoms with E-state index in [-0.39, 0.29) is 24.8 Å². The lowest BCUT2D eigenvalue weighted by Crippen LogP contribution is -2.43. The molecule has 2 unspecified atom stereocenters. The number of hydrazone groups is 1. The van der Waals surface area contributed by atoms with Crippen molar-refractivity contribution in [3.8, 4) is 0 Å². The fourth-order valence-electron chi connectivity index (χ4n) is 2.41. The van der Waals surface area contributed by atoms with Gasteiger partial charge in [-0.1, -0.05) is 12.8 Å². The van der Waals surface area contributed by atoms with Gasteiger partial charge in [-0.3, -0.25) is 9.59 Å². The number of rotatable bonds is 3. The Morgan fingerprint density at radius 2 is 2.12 bits per heavy atom. The molecule has 2 rings (SSSR count). The predicted octanol–water partition coefficient (Wildman–Crippen LogP) is 0.353. The summed E-state index contributed by atoms with van der Waals surface area (Å²) in [5.41, 5.74) is 0.375. The fraction of sp³-hybridized carbons (Fsp3) is 0.727. The summed E-state index contributed by atoms with van der Waals surface area (Å²) in [6.45, 7) is 0. The first-order valence-corrected chi connectivity index (χ1v) is 5.86. The zero-order chi connectivity index (χ0) is 12.4. The molecular weight excluding hydrogens is 224 g/mol. The molecule has 1 heterocycles. The minimum Gasteiger partial charge on any atom is -0.481 e. The van der Waals surface area contributed by atoms with Gasteiger partial charge in [0.2, 0.25) is 5.91 Å². The number of carboxylic acid groups (broad SMARTS) is 1. The van der Waals surface area contributed by atoms with Crippen molar-refractivity contribution in [2.45, 2.75) is 50.7 Å². The Kier molecular flexibility index (Phi) is 3.42. The number of carbonyl (C=O) groups excluding carboxylic acids is 1. The minimum atomic E-state index is -0.984. The molecule has 17 heavy (non-hydrogen) atoms. The summed E-state index contributed by atoms with van der Waals surface area (Å²) < 4.78 is 0. The molecule has 2 aliphatic rings. The average Bonchev–Trinajstić information content (AvgIpc) is 2.59. The molecule has 0 bridgehead atoms. The minimum absolute atomic E-state index is 0.0650. The standard InChI is InChI=1S/C11H16N2O4/c14-9-4-2-1-3-8(9)13-10(15)5-7(12-13)6-11(16)17/h8-9,14H,1-6H2,(H,16,17). The zero-order valence-corrected chi connectivity index (χ0v) is 9.50. The Labute approximate surface area is 98.9 Å². The van der Waals surface area contributed by atoms with Gasteiger partial charge in [-0.15, -0.1) is 0 Å². The maximum Gasteiger partial charge on any atom is 0.309 e. The number of carbonyl (C=O) groups is 2. The molecule has 0 saturated heterocycles. The highest BCUT2D eigenvalue weighted by Gasteiger charge is 2.36. The van der Waals surface area contributed by atoms with Crippen molar-refractivity contribution < 1.29 is 19.8 Å². The van der Waals surface area contributed by atoms with Gasteiger partial charge in [0.1, 0.15) is 0 Å². The molecule has 1 aliphatic heterocycles. The van der Waals surface area contributed by atoms with Gasteiger partial charge in [0.15, 0.2) is 0 Å². The number of hydrogen-bond acceptors (Lipinski definition) is 4. The molecule has 1 fully saturated rings. The van der Waals surface area contributed by atoms with Crippen molar-refractivity contribution in [3.05, 3.63) is 0 Å². The van der Waals surface area contributed by atoms with Crippen molar-refractivity contribution in [2.75, 3.05) is 0 Å². The number of aliphatic hydroxyl groups is 1. The normalized spacial score (nSPS) is 29.4. The molecule has 0 spiro atoms. The van der Waals surface area contributed by atoms with E-state index in [0.717, 1.165) is 19.3 Å². The van der Waals surface area contributed by atoms with Crippen molar-refractivity contribution in [3.63, 3.8) is 0 Å². The van der Waals surface area contributed by atoms with Crippen LogP contribution in [0.3, 0.4) is 0 Å². The van der Waals surface area contributed by atoms with Gasteiger partial charge in [0.25, 0.3) is 0 Å². The molecule has 94 valence electrons. The lowest BCUT2D eigenvalue weighted by Gasteiger charge is -2.32. The first kappa shape index (κ1) is 12.0. The van der Waals surface area contributed by atoms with Crippen LogP contribution in [0.1, 0.15) is 38.5 Å². The quantitative estimate of drug-likeness (QED) is 0.745.